The number of hydrogen-bond donors (Lipinski definition) is 0. The van der Waals surface area contributed by atoms with Gasteiger partial charge in [0.1, 0.15) is 0 Å². The van der Waals surface area contributed by atoms with Crippen molar-refractivity contribution >= 4 is 27.8 Å². The lowest BCUT2D eigenvalue weighted by Gasteiger charge is -2.32. The molecule has 0 unspecified atom stereocenters. The second-order valence-electron chi connectivity index (χ2n) is 16.4. The van der Waals surface area contributed by atoms with Gasteiger partial charge in [-0.25, -0.2) is 0 Å². The summed E-state index contributed by atoms with van der Waals surface area (Å²) < 4.78 is 0. The van der Waals surface area contributed by atoms with Crippen LogP contribution >= 0.6 is 0 Å². The summed E-state index contributed by atoms with van der Waals surface area (Å²) in [6, 6.07) is 74.9. The highest BCUT2D eigenvalue weighted by atomic mass is 15.1. The van der Waals surface area contributed by atoms with Crippen molar-refractivity contribution in [1.29, 1.82) is 0 Å². The van der Waals surface area contributed by atoms with Crippen molar-refractivity contribution in [1.82, 2.24) is 0 Å². The van der Waals surface area contributed by atoms with Gasteiger partial charge in [-0.15, -0.1) is 0 Å². The topological polar surface area (TPSA) is 3.24 Å². The van der Waals surface area contributed by atoms with E-state index in [9.17, 15) is 0 Å². The summed E-state index contributed by atoms with van der Waals surface area (Å²) in [5, 5.41) is 2.56. The van der Waals surface area contributed by atoms with E-state index in [2.05, 4.69) is 219 Å². The lowest BCUT2D eigenvalue weighted by atomic mass is 9.70. The lowest BCUT2D eigenvalue weighted by molar-refractivity contribution is 0.660. The Morgan fingerprint density at radius 1 is 0.316 bits per heavy atom. The third-order valence-corrected chi connectivity index (χ3v) is 13.3. The van der Waals surface area contributed by atoms with Crippen LogP contribution in [0, 0.1) is 0 Å². The smallest absolute Gasteiger partial charge is 0.0726 e. The molecule has 0 aromatic heterocycles. The van der Waals surface area contributed by atoms with E-state index in [1.165, 1.54) is 88.7 Å². The Morgan fingerprint density at radius 3 is 1.42 bits per heavy atom. The standard InChI is InChI=1S/C56H39N/c1-55(2)52-33-37(42-23-14-16-36-15-6-7-19-41(36)42)27-30-46(52)47-31-28-39(34-53(47)55)57(38-17-4-3-5-18-38)40-29-32-48-45-22-10-13-26-51(45)56(54(48)35-40)49-24-11-8-20-43(49)44-21-9-12-25-50(44)56/h3-35H,1-2H3. The van der Waals surface area contributed by atoms with Gasteiger partial charge in [-0.3, -0.25) is 0 Å². The van der Waals surface area contributed by atoms with Crippen molar-refractivity contribution in [2.24, 2.45) is 0 Å². The Labute approximate surface area is 334 Å². The van der Waals surface area contributed by atoms with Gasteiger partial charge in [0.25, 0.3) is 0 Å². The van der Waals surface area contributed by atoms with Gasteiger partial charge in [0, 0.05) is 22.5 Å². The average Bonchev–Trinajstić information content (AvgIpc) is 3.82. The van der Waals surface area contributed by atoms with Crippen LogP contribution < -0.4 is 4.90 Å². The Hall–Kier alpha value is -6.96. The van der Waals surface area contributed by atoms with Gasteiger partial charge in [0.15, 0.2) is 0 Å². The van der Waals surface area contributed by atoms with Crippen LogP contribution in [0.2, 0.25) is 0 Å². The van der Waals surface area contributed by atoms with Crippen LogP contribution in [-0.2, 0) is 10.8 Å². The van der Waals surface area contributed by atoms with Gasteiger partial charge >= 0.3 is 0 Å². The molecular weight excluding hydrogens is 687 g/mol. The molecule has 3 aliphatic rings. The van der Waals surface area contributed by atoms with Crippen LogP contribution in [0.4, 0.5) is 17.1 Å². The molecule has 0 fully saturated rings. The van der Waals surface area contributed by atoms with Crippen LogP contribution in [0.15, 0.2) is 200 Å². The van der Waals surface area contributed by atoms with Crippen molar-refractivity contribution in [3.8, 4) is 44.5 Å². The van der Waals surface area contributed by atoms with Crippen LogP contribution in [0.25, 0.3) is 55.3 Å². The minimum absolute atomic E-state index is 0.190. The maximum Gasteiger partial charge on any atom is 0.0726 e. The molecule has 268 valence electrons. The summed E-state index contributed by atoms with van der Waals surface area (Å²) in [6.45, 7) is 4.79. The van der Waals surface area contributed by atoms with Gasteiger partial charge in [-0.1, -0.05) is 172 Å². The molecule has 1 spiro atoms. The monoisotopic (exact) mass is 725 g/mol. The Morgan fingerprint density at radius 2 is 0.772 bits per heavy atom. The summed E-state index contributed by atoms with van der Waals surface area (Å²) in [4.78, 5) is 2.46. The third kappa shape index (κ3) is 4.34. The maximum absolute atomic E-state index is 2.49. The first kappa shape index (κ1) is 32.3. The van der Waals surface area contributed by atoms with Crippen LogP contribution in [0.3, 0.4) is 0 Å². The highest BCUT2D eigenvalue weighted by Gasteiger charge is 2.51. The zero-order valence-electron chi connectivity index (χ0n) is 32.0. The number of anilines is 3. The predicted molar refractivity (Wildman–Crippen MR) is 238 cm³/mol. The molecule has 0 saturated carbocycles. The summed E-state index contributed by atoms with van der Waals surface area (Å²) in [6.07, 6.45) is 0. The number of benzene rings is 9. The van der Waals surface area contributed by atoms with Crippen LogP contribution in [-0.4, -0.2) is 0 Å². The molecule has 57 heavy (non-hydrogen) atoms. The highest BCUT2D eigenvalue weighted by molar-refractivity contribution is 5.99. The fraction of sp³-hybridized carbons (Fsp3) is 0.0714. The van der Waals surface area contributed by atoms with Gasteiger partial charge < -0.3 is 4.90 Å². The molecule has 0 amide bonds. The quantitative estimate of drug-likeness (QED) is 0.175. The summed E-state index contributed by atoms with van der Waals surface area (Å²) in [5.74, 6) is 0. The minimum Gasteiger partial charge on any atom is -0.310 e. The van der Waals surface area contributed by atoms with E-state index in [1.54, 1.807) is 0 Å². The summed E-state index contributed by atoms with van der Waals surface area (Å²) >= 11 is 0. The minimum atomic E-state index is -0.402. The van der Waals surface area contributed by atoms with Crippen molar-refractivity contribution in [2.45, 2.75) is 24.7 Å². The van der Waals surface area contributed by atoms with Crippen molar-refractivity contribution in [2.75, 3.05) is 4.90 Å². The number of fused-ring (bicyclic) bond motifs is 14. The van der Waals surface area contributed by atoms with E-state index in [0.717, 1.165) is 17.1 Å². The first-order chi connectivity index (χ1) is 28.0. The van der Waals surface area contributed by atoms with Crippen LogP contribution in [0.5, 0.6) is 0 Å². The van der Waals surface area contributed by atoms with E-state index in [0.29, 0.717) is 0 Å². The molecule has 3 aliphatic carbocycles. The molecule has 9 aromatic carbocycles. The Bertz CT molecular complexity index is 3040. The first-order valence-electron chi connectivity index (χ1n) is 20.1. The van der Waals surface area contributed by atoms with Crippen LogP contribution in [0.1, 0.15) is 47.2 Å². The van der Waals surface area contributed by atoms with E-state index in [4.69, 9.17) is 0 Å². The normalized spacial score (nSPS) is 14.4. The molecule has 0 N–H and O–H groups in total. The van der Waals surface area contributed by atoms with E-state index >= 15 is 0 Å². The van der Waals surface area contributed by atoms with Crippen molar-refractivity contribution < 1.29 is 0 Å². The number of nitrogens with zero attached hydrogens (tertiary/aromatic N) is 1. The van der Waals surface area contributed by atoms with Gasteiger partial charge in [-0.2, -0.15) is 0 Å². The van der Waals surface area contributed by atoms with Gasteiger partial charge in [0.05, 0.1) is 5.41 Å². The second kappa shape index (κ2) is 11.8. The number of para-hydroxylation sites is 1. The Balaban J connectivity index is 1.03. The van der Waals surface area contributed by atoms with Gasteiger partial charge in [0.2, 0.25) is 0 Å². The molecule has 9 aromatic rings. The van der Waals surface area contributed by atoms with Crippen molar-refractivity contribution in [3.63, 3.8) is 0 Å². The zero-order chi connectivity index (χ0) is 37.9. The fourth-order valence-electron chi connectivity index (χ4n) is 10.8. The molecule has 0 heterocycles. The number of hydrogen-bond acceptors (Lipinski definition) is 1. The number of rotatable bonds is 4. The molecule has 0 radical (unpaired) electrons. The SMILES string of the molecule is CC1(C)c2cc(-c3cccc4ccccc34)ccc2-c2ccc(N(c3ccccc3)c3ccc4c(c3)C3(c5ccccc5-c5ccccc53)c3ccccc3-4)cc21. The van der Waals surface area contributed by atoms with E-state index in [1.807, 2.05) is 0 Å². The Kier molecular flexibility index (Phi) is 6.67. The second-order valence-corrected chi connectivity index (χ2v) is 16.4. The maximum atomic E-state index is 2.49. The summed E-state index contributed by atoms with van der Waals surface area (Å²) in [5.41, 5.74) is 21.5. The van der Waals surface area contributed by atoms with Crippen molar-refractivity contribution in [3.05, 3.63) is 234 Å². The molecule has 1 heteroatoms. The molecule has 0 atom stereocenters. The average molecular weight is 726 g/mol. The molecule has 1 nitrogen and oxygen atoms in total. The predicted octanol–water partition coefficient (Wildman–Crippen LogP) is 14.6. The molecular formula is C56H39N. The third-order valence-electron chi connectivity index (χ3n) is 13.3. The van der Waals surface area contributed by atoms with E-state index in [-0.39, 0.29) is 5.41 Å². The molecule has 0 saturated heterocycles. The van der Waals surface area contributed by atoms with E-state index < -0.39 is 5.41 Å². The fourth-order valence-corrected chi connectivity index (χ4v) is 10.8. The zero-order valence-corrected chi connectivity index (χ0v) is 32.0. The summed E-state index contributed by atoms with van der Waals surface area (Å²) in [7, 11) is 0. The largest absolute Gasteiger partial charge is 0.310 e. The molecule has 0 bridgehead atoms. The molecule has 12 rings (SSSR count). The molecule has 0 aliphatic heterocycles. The lowest BCUT2D eigenvalue weighted by Crippen LogP contribution is -2.26. The van der Waals surface area contributed by atoms with Gasteiger partial charge in [-0.05, 0) is 131 Å². The first-order valence-corrected chi connectivity index (χ1v) is 20.1. The highest BCUT2D eigenvalue weighted by Crippen LogP contribution is 2.63.